The van der Waals surface area contributed by atoms with E-state index in [9.17, 15) is 0 Å². The van der Waals surface area contributed by atoms with E-state index in [-0.39, 0.29) is 29.7 Å². The molecule has 0 radical (unpaired) electrons. The van der Waals surface area contributed by atoms with Crippen molar-refractivity contribution in [3.63, 3.8) is 0 Å². The van der Waals surface area contributed by atoms with Gasteiger partial charge < -0.3 is 4.42 Å². The zero-order chi connectivity index (χ0) is 32.7. The summed E-state index contributed by atoms with van der Waals surface area (Å²) in [7, 11) is 0. The molecule has 0 aliphatic carbocycles. The summed E-state index contributed by atoms with van der Waals surface area (Å²) in [4.78, 5) is 0. The van der Waals surface area contributed by atoms with Gasteiger partial charge in [-0.1, -0.05) is 139 Å². The Hall–Kier alpha value is -5.66. The van der Waals surface area contributed by atoms with Crippen molar-refractivity contribution in [2.24, 2.45) is 0 Å². The van der Waals surface area contributed by atoms with Crippen LogP contribution in [-0.2, 0) is 0 Å². The number of hydrogen-bond donors (Lipinski definition) is 0. The molecule has 1 nitrogen and oxygen atoms in total. The van der Waals surface area contributed by atoms with Gasteiger partial charge >= 0.3 is 0 Å². The third-order valence-electron chi connectivity index (χ3n) is 8.54. The van der Waals surface area contributed by atoms with Crippen LogP contribution in [0, 0.1) is 0 Å². The molecule has 0 aliphatic heterocycles. The van der Waals surface area contributed by atoms with E-state index in [0.29, 0.717) is 22.1 Å². The molecule has 0 aliphatic rings. The minimum atomic E-state index is -0.411. The molecule has 0 amide bonds. The second-order valence-electron chi connectivity index (χ2n) is 10.9. The van der Waals surface area contributed by atoms with Crippen LogP contribution in [0.1, 0.15) is 6.85 Å². The SMILES string of the molecule is [2H]c1c([2H])c([2H])c(-c2cccc3oc4ccc(-c5c6ccccc6c(-c6cccc7ccccc67)c6ccccc56)cc4c23)c([2H])c1[2H]. The number of fused-ring (bicyclic) bond motifs is 6. The van der Waals surface area contributed by atoms with E-state index in [2.05, 4.69) is 103 Å². The maximum Gasteiger partial charge on any atom is 0.136 e. The van der Waals surface area contributed by atoms with Gasteiger partial charge in [-0.25, -0.2) is 0 Å². The minimum Gasteiger partial charge on any atom is -0.456 e. The highest BCUT2D eigenvalue weighted by Gasteiger charge is 2.19. The summed E-state index contributed by atoms with van der Waals surface area (Å²) >= 11 is 0. The van der Waals surface area contributed by atoms with Gasteiger partial charge in [0, 0.05) is 10.8 Å². The molecule has 43 heavy (non-hydrogen) atoms. The highest BCUT2D eigenvalue weighted by Crippen LogP contribution is 2.46. The number of hydrogen-bond acceptors (Lipinski definition) is 1. The summed E-state index contributed by atoms with van der Waals surface area (Å²) in [5.74, 6) is 0. The van der Waals surface area contributed by atoms with E-state index in [4.69, 9.17) is 11.3 Å². The maximum atomic E-state index is 8.70. The molecule has 9 aromatic rings. The zero-order valence-corrected chi connectivity index (χ0v) is 23.0. The van der Waals surface area contributed by atoms with Crippen molar-refractivity contribution >= 4 is 54.3 Å². The van der Waals surface area contributed by atoms with Crippen LogP contribution >= 0.6 is 0 Å². The quantitative estimate of drug-likeness (QED) is 0.199. The van der Waals surface area contributed by atoms with Gasteiger partial charge in [-0.3, -0.25) is 0 Å². The van der Waals surface area contributed by atoms with E-state index >= 15 is 0 Å². The van der Waals surface area contributed by atoms with E-state index in [1.54, 1.807) is 6.07 Å². The van der Waals surface area contributed by atoms with Gasteiger partial charge in [0.15, 0.2) is 0 Å². The molecule has 0 saturated heterocycles. The van der Waals surface area contributed by atoms with Crippen LogP contribution in [0.4, 0.5) is 0 Å². The van der Waals surface area contributed by atoms with Gasteiger partial charge in [0.2, 0.25) is 0 Å². The van der Waals surface area contributed by atoms with Gasteiger partial charge in [0.25, 0.3) is 0 Å². The summed E-state index contributed by atoms with van der Waals surface area (Å²) in [5, 5.41) is 8.48. The van der Waals surface area contributed by atoms with Crippen LogP contribution in [0.2, 0.25) is 0 Å². The van der Waals surface area contributed by atoms with Gasteiger partial charge in [-0.15, -0.1) is 0 Å². The summed E-state index contributed by atoms with van der Waals surface area (Å²) in [6, 6.07) is 42.1. The Balaban J connectivity index is 1.37. The third kappa shape index (κ3) is 3.65. The van der Waals surface area contributed by atoms with Crippen molar-refractivity contribution in [2.75, 3.05) is 0 Å². The average Bonchev–Trinajstić information content (AvgIpc) is 3.51. The highest BCUT2D eigenvalue weighted by atomic mass is 16.3. The normalized spacial score (nSPS) is 13.3. The van der Waals surface area contributed by atoms with Crippen LogP contribution in [-0.4, -0.2) is 0 Å². The standard InChI is InChI=1S/C42H26O/c1-2-12-28(13-3-1)31-21-11-23-39-42(31)37-26-29(24-25-38(37)43-39)40-33-17-6-8-19-35(33)41(36-20-9-7-18-34(36)40)32-22-10-15-27-14-4-5-16-30(27)32/h1-26H/i1D,2D,3D,12D,13D. The lowest BCUT2D eigenvalue weighted by Crippen LogP contribution is -1.91. The molecule has 0 fully saturated rings. The van der Waals surface area contributed by atoms with Crippen molar-refractivity contribution in [1.82, 2.24) is 0 Å². The Morgan fingerprint density at radius 3 is 1.77 bits per heavy atom. The molecule has 200 valence electrons. The summed E-state index contributed by atoms with van der Waals surface area (Å²) < 4.78 is 48.5. The molecule has 0 atom stereocenters. The Labute approximate surface area is 256 Å². The lowest BCUT2D eigenvalue weighted by molar-refractivity contribution is 0.669. The first kappa shape index (κ1) is 19.5. The van der Waals surface area contributed by atoms with Crippen molar-refractivity contribution in [2.45, 2.75) is 0 Å². The Kier molecular flexibility index (Phi) is 4.27. The fourth-order valence-electron chi connectivity index (χ4n) is 6.75. The molecule has 0 bridgehead atoms. The van der Waals surface area contributed by atoms with Crippen molar-refractivity contribution in [3.05, 3.63) is 158 Å². The van der Waals surface area contributed by atoms with Crippen molar-refractivity contribution < 1.29 is 11.3 Å². The maximum absolute atomic E-state index is 8.70. The first-order valence-electron chi connectivity index (χ1n) is 16.9. The summed E-state index contributed by atoms with van der Waals surface area (Å²) in [5.41, 5.74) is 6.44. The lowest BCUT2D eigenvalue weighted by atomic mass is 9.84. The van der Waals surface area contributed by atoms with Gasteiger partial charge in [-0.2, -0.15) is 0 Å². The van der Waals surface area contributed by atoms with Gasteiger partial charge in [0.1, 0.15) is 11.2 Å². The second kappa shape index (κ2) is 9.44. The highest BCUT2D eigenvalue weighted by molar-refractivity contribution is 6.24. The van der Waals surface area contributed by atoms with Crippen molar-refractivity contribution in [3.8, 4) is 33.4 Å². The molecule has 0 unspecified atom stereocenters. The predicted molar refractivity (Wildman–Crippen MR) is 183 cm³/mol. The minimum absolute atomic E-state index is 0.162. The Morgan fingerprint density at radius 2 is 1.02 bits per heavy atom. The fraction of sp³-hybridized carbons (Fsp3) is 0. The monoisotopic (exact) mass is 551 g/mol. The first-order valence-corrected chi connectivity index (χ1v) is 14.4. The molecule has 0 saturated carbocycles. The smallest absolute Gasteiger partial charge is 0.136 e. The first-order chi connectivity index (χ1) is 23.4. The second-order valence-corrected chi connectivity index (χ2v) is 10.9. The number of rotatable bonds is 3. The molecule has 1 heterocycles. The van der Waals surface area contributed by atoms with Gasteiger partial charge in [0.05, 0.1) is 6.85 Å². The van der Waals surface area contributed by atoms with E-state index < -0.39 is 6.04 Å². The summed E-state index contributed by atoms with van der Waals surface area (Å²) in [6.07, 6.45) is 0. The number of furan rings is 1. The van der Waals surface area contributed by atoms with E-state index in [0.717, 1.165) is 38.1 Å². The molecule has 0 N–H and O–H groups in total. The molecule has 8 aromatic carbocycles. The molecule has 0 spiro atoms. The molecule has 9 rings (SSSR count). The predicted octanol–water partition coefficient (Wildman–Crippen LogP) is 12.0. The van der Waals surface area contributed by atoms with E-state index in [1.165, 1.54) is 21.9 Å². The van der Waals surface area contributed by atoms with Gasteiger partial charge in [-0.05, 0) is 83.9 Å². The largest absolute Gasteiger partial charge is 0.456 e. The zero-order valence-electron chi connectivity index (χ0n) is 28.0. The van der Waals surface area contributed by atoms with E-state index in [1.807, 2.05) is 18.2 Å². The molecular weight excluding hydrogens is 520 g/mol. The van der Waals surface area contributed by atoms with Crippen LogP contribution in [0.3, 0.4) is 0 Å². The van der Waals surface area contributed by atoms with Crippen LogP contribution in [0.15, 0.2) is 162 Å². The molecule has 1 aromatic heterocycles. The number of benzene rings is 8. The summed E-state index contributed by atoms with van der Waals surface area (Å²) in [6.45, 7) is 0. The fourth-order valence-corrected chi connectivity index (χ4v) is 6.75. The molecule has 1 heteroatoms. The average molecular weight is 552 g/mol. The Morgan fingerprint density at radius 1 is 0.419 bits per heavy atom. The van der Waals surface area contributed by atoms with Crippen LogP contribution in [0.5, 0.6) is 0 Å². The lowest BCUT2D eigenvalue weighted by Gasteiger charge is -2.18. The molecular formula is C42H26O. The van der Waals surface area contributed by atoms with Crippen LogP contribution in [0.25, 0.3) is 87.6 Å². The van der Waals surface area contributed by atoms with Crippen molar-refractivity contribution in [1.29, 1.82) is 0 Å². The third-order valence-corrected chi connectivity index (χ3v) is 8.54. The van der Waals surface area contributed by atoms with Crippen LogP contribution < -0.4 is 0 Å². The topological polar surface area (TPSA) is 13.1 Å². The Bertz CT molecular complexity index is 2700.